The monoisotopic (exact) mass is 243 g/mol. The van der Waals surface area contributed by atoms with Crippen LogP contribution in [0.25, 0.3) is 0 Å². The molecule has 0 aliphatic rings. The molecule has 2 N–H and O–H groups in total. The highest BCUT2D eigenvalue weighted by molar-refractivity contribution is 5.90. The van der Waals surface area contributed by atoms with E-state index in [1.807, 2.05) is 13.8 Å². The van der Waals surface area contributed by atoms with Crippen molar-refractivity contribution in [2.24, 2.45) is 17.0 Å². The van der Waals surface area contributed by atoms with E-state index in [9.17, 15) is 5.11 Å². The predicted molar refractivity (Wildman–Crippen MR) is 72.6 cm³/mol. The van der Waals surface area contributed by atoms with E-state index in [0.29, 0.717) is 5.71 Å². The molecule has 0 heterocycles. The van der Waals surface area contributed by atoms with Crippen molar-refractivity contribution in [3.05, 3.63) is 0 Å². The molecular formula is C14H29NO2. The Bertz CT molecular complexity index is 216. The normalized spacial score (nSPS) is 17.8. The summed E-state index contributed by atoms with van der Waals surface area (Å²) in [4.78, 5) is 0. The molecule has 102 valence electrons. The summed E-state index contributed by atoms with van der Waals surface area (Å²) in [6, 6.07) is 0. The molecule has 0 rings (SSSR count). The van der Waals surface area contributed by atoms with Gasteiger partial charge in [-0.25, -0.2) is 0 Å². The summed E-state index contributed by atoms with van der Waals surface area (Å²) in [5, 5.41) is 22.6. The van der Waals surface area contributed by atoms with Crippen LogP contribution in [0, 0.1) is 11.8 Å². The highest BCUT2D eigenvalue weighted by Crippen LogP contribution is 2.20. The maximum absolute atomic E-state index is 10.2. The molecule has 0 aliphatic carbocycles. The Balaban J connectivity index is 4.33. The zero-order chi connectivity index (χ0) is 13.3. The van der Waals surface area contributed by atoms with Crippen molar-refractivity contribution in [2.75, 3.05) is 0 Å². The van der Waals surface area contributed by atoms with Gasteiger partial charge in [-0.2, -0.15) is 0 Å². The van der Waals surface area contributed by atoms with Gasteiger partial charge in [-0.3, -0.25) is 0 Å². The van der Waals surface area contributed by atoms with E-state index in [4.69, 9.17) is 5.21 Å². The first-order valence-corrected chi connectivity index (χ1v) is 6.98. The highest BCUT2D eigenvalue weighted by atomic mass is 16.4. The molecule has 0 amide bonds. The molecule has 3 heteroatoms. The molecule has 17 heavy (non-hydrogen) atoms. The van der Waals surface area contributed by atoms with Gasteiger partial charge in [-0.05, 0) is 18.8 Å². The van der Waals surface area contributed by atoms with E-state index in [-0.39, 0.29) is 11.8 Å². The lowest BCUT2D eigenvalue weighted by atomic mass is 9.87. The second kappa shape index (κ2) is 9.46. The van der Waals surface area contributed by atoms with Crippen LogP contribution in [0.15, 0.2) is 5.16 Å². The number of oxime groups is 1. The van der Waals surface area contributed by atoms with Gasteiger partial charge in [0.05, 0.1) is 11.8 Å². The van der Waals surface area contributed by atoms with Gasteiger partial charge in [0.15, 0.2) is 0 Å². The summed E-state index contributed by atoms with van der Waals surface area (Å²) in [6.45, 7) is 8.34. The van der Waals surface area contributed by atoms with Gasteiger partial charge < -0.3 is 10.3 Å². The first-order chi connectivity index (χ1) is 8.08. The summed E-state index contributed by atoms with van der Waals surface area (Å²) in [6.07, 6.45) is 5.85. The molecule has 0 aromatic rings. The molecule has 0 aromatic carbocycles. The van der Waals surface area contributed by atoms with Gasteiger partial charge in [0.1, 0.15) is 0 Å². The lowest BCUT2D eigenvalue weighted by Crippen LogP contribution is -2.32. The van der Waals surface area contributed by atoms with E-state index >= 15 is 0 Å². The molecule has 0 saturated heterocycles. The number of hydrogen-bond donors (Lipinski definition) is 2. The molecular weight excluding hydrogens is 214 g/mol. The first-order valence-electron chi connectivity index (χ1n) is 6.98. The van der Waals surface area contributed by atoms with E-state index in [0.717, 1.165) is 38.5 Å². The average Bonchev–Trinajstić information content (AvgIpc) is 2.33. The largest absolute Gasteiger partial charge is 0.411 e. The zero-order valence-electron chi connectivity index (χ0n) is 11.8. The lowest BCUT2D eigenvalue weighted by molar-refractivity contribution is 0.160. The number of hydrogen-bond acceptors (Lipinski definition) is 3. The van der Waals surface area contributed by atoms with Crippen LogP contribution in [0.1, 0.15) is 66.2 Å². The Hall–Kier alpha value is -0.570. The lowest BCUT2D eigenvalue weighted by Gasteiger charge is -2.23. The molecule has 0 bridgehead atoms. The highest BCUT2D eigenvalue weighted by Gasteiger charge is 2.24. The second-order valence-corrected chi connectivity index (χ2v) is 5.13. The zero-order valence-corrected chi connectivity index (χ0v) is 11.8. The fourth-order valence-corrected chi connectivity index (χ4v) is 2.08. The number of nitrogens with zero attached hydrogens (tertiary/aromatic N) is 1. The molecule has 0 spiro atoms. The Morgan fingerprint density at radius 2 is 1.59 bits per heavy atom. The minimum atomic E-state index is -0.599. The topological polar surface area (TPSA) is 52.8 Å². The molecule has 3 nitrogen and oxygen atoms in total. The first kappa shape index (κ1) is 16.4. The Labute approximate surface area is 106 Å². The third-order valence-corrected chi connectivity index (χ3v) is 3.47. The quantitative estimate of drug-likeness (QED) is 0.367. The Morgan fingerprint density at radius 1 is 1.06 bits per heavy atom. The fraction of sp³-hybridized carbons (Fsp3) is 0.929. The maximum atomic E-state index is 10.2. The van der Waals surface area contributed by atoms with Gasteiger partial charge in [0.2, 0.25) is 0 Å². The van der Waals surface area contributed by atoms with Crippen molar-refractivity contribution >= 4 is 5.71 Å². The van der Waals surface area contributed by atoms with Crippen LogP contribution in [0.5, 0.6) is 0 Å². The second-order valence-electron chi connectivity index (χ2n) is 5.13. The fourth-order valence-electron chi connectivity index (χ4n) is 2.08. The summed E-state index contributed by atoms with van der Waals surface area (Å²) >= 11 is 0. The molecule has 3 atom stereocenters. The van der Waals surface area contributed by atoms with Crippen LogP contribution >= 0.6 is 0 Å². The SMILES string of the molecule is CCCCC(C)C(=NO)C(O)C(C)CCCC. The van der Waals surface area contributed by atoms with Crippen LogP contribution in [-0.2, 0) is 0 Å². The van der Waals surface area contributed by atoms with Crippen LogP contribution in [-0.4, -0.2) is 22.1 Å². The van der Waals surface area contributed by atoms with Crippen molar-refractivity contribution in [2.45, 2.75) is 72.3 Å². The smallest absolute Gasteiger partial charge is 0.0982 e. The molecule has 0 aromatic heterocycles. The van der Waals surface area contributed by atoms with Crippen LogP contribution in [0.2, 0.25) is 0 Å². The minimum absolute atomic E-state index is 0.166. The van der Waals surface area contributed by atoms with Gasteiger partial charge in [0, 0.05) is 5.92 Å². The predicted octanol–water partition coefficient (Wildman–Crippen LogP) is 3.83. The van der Waals surface area contributed by atoms with E-state index in [1.165, 1.54) is 0 Å². The van der Waals surface area contributed by atoms with Gasteiger partial charge >= 0.3 is 0 Å². The maximum Gasteiger partial charge on any atom is 0.0982 e. The Kier molecular flexibility index (Phi) is 9.14. The Morgan fingerprint density at radius 3 is 2.06 bits per heavy atom. The molecule has 0 fully saturated rings. The molecule has 0 aliphatic heterocycles. The van der Waals surface area contributed by atoms with Crippen molar-refractivity contribution in [1.82, 2.24) is 0 Å². The van der Waals surface area contributed by atoms with E-state index < -0.39 is 6.10 Å². The van der Waals surface area contributed by atoms with Crippen molar-refractivity contribution in [3.63, 3.8) is 0 Å². The van der Waals surface area contributed by atoms with Crippen LogP contribution in [0.4, 0.5) is 0 Å². The van der Waals surface area contributed by atoms with Crippen molar-refractivity contribution < 1.29 is 10.3 Å². The molecule has 3 unspecified atom stereocenters. The van der Waals surface area contributed by atoms with Crippen molar-refractivity contribution in [1.29, 1.82) is 0 Å². The number of aliphatic hydroxyl groups excluding tert-OH is 1. The standard InChI is InChI=1S/C14H29NO2/c1-5-7-9-11(3)13(15-17)14(16)12(4)10-8-6-2/h11-12,14,16-17H,5-10H2,1-4H3. The number of unbranched alkanes of at least 4 members (excludes halogenated alkanes) is 2. The summed E-state index contributed by atoms with van der Waals surface area (Å²) in [5.41, 5.74) is 0.557. The van der Waals surface area contributed by atoms with Gasteiger partial charge in [-0.1, -0.05) is 58.5 Å². The van der Waals surface area contributed by atoms with Gasteiger partial charge in [-0.15, -0.1) is 0 Å². The summed E-state index contributed by atoms with van der Waals surface area (Å²) in [7, 11) is 0. The summed E-state index contributed by atoms with van der Waals surface area (Å²) < 4.78 is 0. The number of rotatable bonds is 9. The van der Waals surface area contributed by atoms with E-state index in [2.05, 4.69) is 19.0 Å². The third-order valence-electron chi connectivity index (χ3n) is 3.47. The van der Waals surface area contributed by atoms with Gasteiger partial charge in [0.25, 0.3) is 0 Å². The van der Waals surface area contributed by atoms with Crippen LogP contribution < -0.4 is 0 Å². The minimum Gasteiger partial charge on any atom is -0.411 e. The third kappa shape index (κ3) is 6.06. The molecule has 0 radical (unpaired) electrons. The van der Waals surface area contributed by atoms with E-state index in [1.54, 1.807) is 0 Å². The van der Waals surface area contributed by atoms with Crippen molar-refractivity contribution in [3.8, 4) is 0 Å². The van der Waals surface area contributed by atoms with Crippen LogP contribution in [0.3, 0.4) is 0 Å². The average molecular weight is 243 g/mol. The number of aliphatic hydroxyl groups is 1. The summed E-state index contributed by atoms with van der Waals surface area (Å²) in [5.74, 6) is 0.337. The molecule has 0 saturated carbocycles.